The van der Waals surface area contributed by atoms with Gasteiger partial charge in [-0.2, -0.15) is 8.78 Å². The summed E-state index contributed by atoms with van der Waals surface area (Å²) < 4.78 is 27.6. The van der Waals surface area contributed by atoms with E-state index in [-0.39, 0.29) is 18.0 Å². The van der Waals surface area contributed by atoms with Gasteiger partial charge in [-0.1, -0.05) is 44.2 Å². The van der Waals surface area contributed by atoms with Crippen molar-refractivity contribution < 1.29 is 13.6 Å². The Morgan fingerprint density at radius 3 is 2.39 bits per heavy atom. The maximum Gasteiger partial charge on any atom is 0.343 e. The Morgan fingerprint density at radius 2 is 1.89 bits per heavy atom. The first-order valence-corrected chi connectivity index (χ1v) is 5.82. The monoisotopic (exact) mass is 256 g/mol. The van der Waals surface area contributed by atoms with E-state index in [0.29, 0.717) is 0 Å². The second-order valence-corrected chi connectivity index (χ2v) is 4.62. The van der Waals surface area contributed by atoms with Crippen molar-refractivity contribution in [2.45, 2.75) is 25.8 Å². The molecule has 0 fully saturated rings. The van der Waals surface area contributed by atoms with Crippen LogP contribution in [0.25, 0.3) is 0 Å². The molecule has 3 nitrogen and oxygen atoms in total. The van der Waals surface area contributed by atoms with Gasteiger partial charge in [0.05, 0.1) is 0 Å². The molecule has 0 bridgehead atoms. The van der Waals surface area contributed by atoms with E-state index in [1.165, 1.54) is 12.1 Å². The zero-order valence-electron chi connectivity index (χ0n) is 10.5. The van der Waals surface area contributed by atoms with Crippen molar-refractivity contribution in [2.75, 3.05) is 6.54 Å². The molecule has 5 heteroatoms. The van der Waals surface area contributed by atoms with Crippen LogP contribution in [-0.4, -0.2) is 18.4 Å². The quantitative estimate of drug-likeness (QED) is 0.847. The third kappa shape index (κ3) is 3.50. The second-order valence-electron chi connectivity index (χ2n) is 4.62. The minimum absolute atomic E-state index is 0.109. The molecule has 18 heavy (non-hydrogen) atoms. The zero-order valence-corrected chi connectivity index (χ0v) is 10.5. The maximum absolute atomic E-state index is 13.8. The molecular weight excluding hydrogens is 238 g/mol. The summed E-state index contributed by atoms with van der Waals surface area (Å²) in [6, 6.07) is 6.25. The number of benzene rings is 1. The van der Waals surface area contributed by atoms with Gasteiger partial charge in [-0.25, -0.2) is 0 Å². The van der Waals surface area contributed by atoms with Crippen molar-refractivity contribution in [3.8, 4) is 0 Å². The van der Waals surface area contributed by atoms with Gasteiger partial charge in [0, 0.05) is 6.54 Å². The molecule has 100 valence electrons. The van der Waals surface area contributed by atoms with E-state index >= 15 is 0 Å². The number of carbonyl (C=O) groups is 1. The third-order valence-corrected chi connectivity index (χ3v) is 2.52. The summed E-state index contributed by atoms with van der Waals surface area (Å²) in [4.78, 5) is 11.4. The molecule has 1 rings (SSSR count). The molecule has 0 radical (unpaired) electrons. The second kappa shape index (κ2) is 5.91. The van der Waals surface area contributed by atoms with Crippen LogP contribution in [0.1, 0.15) is 25.5 Å². The predicted molar refractivity (Wildman–Crippen MR) is 66.2 cm³/mol. The normalized spacial score (nSPS) is 13.4. The Morgan fingerprint density at radius 1 is 1.33 bits per heavy atom. The van der Waals surface area contributed by atoms with Crippen LogP contribution < -0.4 is 11.1 Å². The van der Waals surface area contributed by atoms with Crippen molar-refractivity contribution in [1.29, 1.82) is 0 Å². The number of hydrogen-bond donors (Lipinski definition) is 2. The predicted octanol–water partition coefficient (Wildman–Crippen LogP) is 2.09. The molecular formula is C13H18F2N2O. The van der Waals surface area contributed by atoms with Gasteiger partial charge in [0.25, 0.3) is 5.91 Å². The lowest BCUT2D eigenvalue weighted by Crippen LogP contribution is -2.48. The molecule has 0 unspecified atom stereocenters. The first-order chi connectivity index (χ1) is 8.35. The summed E-state index contributed by atoms with van der Waals surface area (Å²) in [5, 5.41) is 2.20. The van der Waals surface area contributed by atoms with E-state index < -0.39 is 17.9 Å². The van der Waals surface area contributed by atoms with Gasteiger partial charge in [0.15, 0.2) is 0 Å². The van der Waals surface area contributed by atoms with Gasteiger partial charge in [-0.15, -0.1) is 0 Å². The molecule has 0 aromatic heterocycles. The zero-order chi connectivity index (χ0) is 13.8. The highest BCUT2D eigenvalue weighted by Gasteiger charge is 2.45. The van der Waals surface area contributed by atoms with Crippen LogP contribution in [0, 0.1) is 5.92 Å². The first-order valence-electron chi connectivity index (χ1n) is 5.82. The fourth-order valence-electron chi connectivity index (χ4n) is 1.43. The van der Waals surface area contributed by atoms with Crippen molar-refractivity contribution >= 4 is 5.91 Å². The average Bonchev–Trinajstić information content (AvgIpc) is 2.35. The van der Waals surface area contributed by atoms with Crippen LogP contribution in [0.4, 0.5) is 8.78 Å². The molecule has 0 saturated carbocycles. The maximum atomic E-state index is 13.8. The molecule has 0 aliphatic carbocycles. The van der Waals surface area contributed by atoms with E-state index in [1.807, 2.05) is 13.8 Å². The van der Waals surface area contributed by atoms with E-state index in [9.17, 15) is 13.6 Å². The van der Waals surface area contributed by atoms with Gasteiger partial charge >= 0.3 is 5.92 Å². The summed E-state index contributed by atoms with van der Waals surface area (Å²) in [6.07, 6.45) is 0. The number of halogens is 2. The van der Waals surface area contributed by atoms with Crippen LogP contribution in [0.15, 0.2) is 30.3 Å². The van der Waals surface area contributed by atoms with E-state index in [0.717, 1.165) is 0 Å². The highest BCUT2D eigenvalue weighted by molar-refractivity contribution is 5.84. The van der Waals surface area contributed by atoms with E-state index in [1.54, 1.807) is 18.2 Å². The Balaban J connectivity index is 2.76. The highest BCUT2D eigenvalue weighted by Crippen LogP contribution is 2.29. The number of alkyl halides is 2. The number of nitrogens with two attached hydrogens (primary N) is 1. The van der Waals surface area contributed by atoms with E-state index in [4.69, 9.17) is 5.73 Å². The van der Waals surface area contributed by atoms with Crippen molar-refractivity contribution in [1.82, 2.24) is 5.32 Å². The number of rotatable bonds is 5. The molecule has 1 aromatic rings. The SMILES string of the molecule is CC(C)CNC(=O)C(F)(F)[C@@H](N)c1ccccc1. The molecule has 0 saturated heterocycles. The Bertz CT molecular complexity index is 393. The third-order valence-electron chi connectivity index (χ3n) is 2.52. The molecule has 0 aliphatic heterocycles. The van der Waals surface area contributed by atoms with Crippen LogP contribution in [0.2, 0.25) is 0 Å². The number of nitrogens with one attached hydrogen (secondary N) is 1. The Labute approximate surface area is 105 Å². The first kappa shape index (κ1) is 14.6. The molecule has 0 heterocycles. The lowest BCUT2D eigenvalue weighted by Gasteiger charge is -2.23. The summed E-state index contributed by atoms with van der Waals surface area (Å²) in [7, 11) is 0. The van der Waals surface area contributed by atoms with Crippen molar-refractivity contribution in [2.24, 2.45) is 11.7 Å². The topological polar surface area (TPSA) is 55.1 Å². The minimum atomic E-state index is -3.61. The average molecular weight is 256 g/mol. The summed E-state index contributed by atoms with van der Waals surface area (Å²) in [6.45, 7) is 3.86. The smallest absolute Gasteiger partial charge is 0.343 e. The van der Waals surface area contributed by atoms with Crippen molar-refractivity contribution in [3.05, 3.63) is 35.9 Å². The van der Waals surface area contributed by atoms with Crippen LogP contribution in [0.5, 0.6) is 0 Å². The van der Waals surface area contributed by atoms with Gasteiger partial charge in [-0.3, -0.25) is 4.79 Å². The molecule has 1 aromatic carbocycles. The summed E-state index contributed by atoms with van der Waals surface area (Å²) in [5.74, 6) is -4.83. The van der Waals surface area contributed by atoms with Gasteiger partial charge < -0.3 is 11.1 Å². The van der Waals surface area contributed by atoms with Gasteiger partial charge in [0.1, 0.15) is 6.04 Å². The lowest BCUT2D eigenvalue weighted by atomic mass is 10.0. The highest BCUT2D eigenvalue weighted by atomic mass is 19.3. The minimum Gasteiger partial charge on any atom is -0.351 e. The Hall–Kier alpha value is -1.49. The van der Waals surface area contributed by atoms with Gasteiger partial charge in [-0.05, 0) is 11.5 Å². The number of amides is 1. The molecule has 0 spiro atoms. The molecule has 1 amide bonds. The molecule has 0 aliphatic rings. The fourth-order valence-corrected chi connectivity index (χ4v) is 1.43. The lowest BCUT2D eigenvalue weighted by molar-refractivity contribution is -0.149. The molecule has 1 atom stereocenters. The Kier molecular flexibility index (Phi) is 4.78. The van der Waals surface area contributed by atoms with Gasteiger partial charge in [0.2, 0.25) is 0 Å². The number of hydrogen-bond acceptors (Lipinski definition) is 2. The molecule has 3 N–H and O–H groups in total. The summed E-state index contributed by atoms with van der Waals surface area (Å²) in [5.41, 5.74) is 5.71. The van der Waals surface area contributed by atoms with Crippen LogP contribution >= 0.6 is 0 Å². The largest absolute Gasteiger partial charge is 0.351 e. The van der Waals surface area contributed by atoms with Crippen molar-refractivity contribution in [3.63, 3.8) is 0 Å². The van der Waals surface area contributed by atoms with Crippen LogP contribution in [0.3, 0.4) is 0 Å². The standard InChI is InChI=1S/C13H18F2N2O/c1-9(2)8-17-12(18)13(14,15)11(16)10-6-4-3-5-7-10/h3-7,9,11H,8,16H2,1-2H3,(H,17,18)/t11-/m0/s1. The number of carbonyl (C=O) groups excluding carboxylic acids is 1. The summed E-state index contributed by atoms with van der Waals surface area (Å²) >= 11 is 0. The van der Waals surface area contributed by atoms with E-state index in [2.05, 4.69) is 5.32 Å². The fraction of sp³-hybridized carbons (Fsp3) is 0.462. The van der Waals surface area contributed by atoms with Crippen LogP contribution in [-0.2, 0) is 4.79 Å².